The van der Waals surface area contributed by atoms with Crippen LogP contribution in [0.5, 0.6) is 0 Å². The van der Waals surface area contributed by atoms with E-state index in [1.165, 1.54) is 24.8 Å². The first-order valence-corrected chi connectivity index (χ1v) is 9.45. The Labute approximate surface area is 147 Å². The highest BCUT2D eigenvalue weighted by Crippen LogP contribution is 2.15. The number of nitrogens with zero attached hydrogens (tertiary/aromatic N) is 1. The summed E-state index contributed by atoms with van der Waals surface area (Å²) in [5.41, 5.74) is 1.34. The maximum absolute atomic E-state index is 12.0. The van der Waals surface area contributed by atoms with Gasteiger partial charge in [-0.25, -0.2) is 4.79 Å². The second kappa shape index (κ2) is 10.3. The third-order valence-electron chi connectivity index (χ3n) is 4.73. The van der Waals surface area contributed by atoms with Gasteiger partial charge in [-0.3, -0.25) is 4.90 Å². The van der Waals surface area contributed by atoms with Crippen molar-refractivity contribution in [3.63, 3.8) is 0 Å². The molecule has 1 aromatic carbocycles. The molecule has 0 spiro atoms. The van der Waals surface area contributed by atoms with E-state index < -0.39 is 0 Å². The fourth-order valence-electron chi connectivity index (χ4n) is 3.25. The predicted molar refractivity (Wildman–Crippen MR) is 100 cm³/mol. The van der Waals surface area contributed by atoms with Gasteiger partial charge in [0.2, 0.25) is 0 Å². The number of amides is 2. The van der Waals surface area contributed by atoms with Crippen molar-refractivity contribution < 1.29 is 4.79 Å². The monoisotopic (exact) mass is 331 g/mol. The fraction of sp³-hybridized carbons (Fsp3) is 0.650. The number of carbonyl (C=O) groups is 1. The summed E-state index contributed by atoms with van der Waals surface area (Å²) in [6.07, 6.45) is 5.88. The van der Waals surface area contributed by atoms with E-state index >= 15 is 0 Å². The van der Waals surface area contributed by atoms with Gasteiger partial charge in [-0.15, -0.1) is 0 Å². The van der Waals surface area contributed by atoms with Crippen molar-refractivity contribution in [2.45, 2.75) is 52.0 Å². The van der Waals surface area contributed by atoms with Gasteiger partial charge in [0.25, 0.3) is 0 Å². The summed E-state index contributed by atoms with van der Waals surface area (Å²) in [6, 6.07) is 10.9. The molecule has 0 aliphatic carbocycles. The lowest BCUT2D eigenvalue weighted by molar-refractivity contribution is 0.158. The first-order valence-electron chi connectivity index (χ1n) is 9.45. The Bertz CT molecular complexity index is 469. The van der Waals surface area contributed by atoms with Crippen LogP contribution >= 0.6 is 0 Å². The van der Waals surface area contributed by atoms with Crippen molar-refractivity contribution in [3.05, 3.63) is 35.9 Å². The van der Waals surface area contributed by atoms with E-state index in [0.717, 1.165) is 32.5 Å². The summed E-state index contributed by atoms with van der Waals surface area (Å²) in [5.74, 6) is 0.615. The van der Waals surface area contributed by atoms with Crippen LogP contribution in [-0.4, -0.2) is 43.2 Å². The maximum Gasteiger partial charge on any atom is 0.314 e. The largest absolute Gasteiger partial charge is 0.338 e. The van der Waals surface area contributed by atoms with Gasteiger partial charge in [0.1, 0.15) is 0 Å². The molecule has 0 bridgehead atoms. The molecule has 4 heteroatoms. The SMILES string of the molecule is CC(C)CCNC(=O)NCC(Cc1ccccc1)N1CCCCC1. The Morgan fingerprint density at radius 3 is 2.46 bits per heavy atom. The second-order valence-electron chi connectivity index (χ2n) is 7.26. The molecule has 0 radical (unpaired) electrons. The predicted octanol–water partition coefficient (Wildman–Crippen LogP) is 3.43. The minimum atomic E-state index is -0.0364. The number of urea groups is 1. The van der Waals surface area contributed by atoms with E-state index in [1.807, 2.05) is 0 Å². The molecule has 1 unspecified atom stereocenters. The molecule has 2 N–H and O–H groups in total. The minimum Gasteiger partial charge on any atom is -0.338 e. The summed E-state index contributed by atoms with van der Waals surface area (Å²) in [7, 11) is 0. The number of hydrogen-bond acceptors (Lipinski definition) is 2. The van der Waals surface area contributed by atoms with E-state index in [9.17, 15) is 4.79 Å². The van der Waals surface area contributed by atoms with Gasteiger partial charge in [-0.1, -0.05) is 50.6 Å². The van der Waals surface area contributed by atoms with Crippen molar-refractivity contribution in [2.75, 3.05) is 26.2 Å². The van der Waals surface area contributed by atoms with Crippen LogP contribution in [0.4, 0.5) is 4.79 Å². The van der Waals surface area contributed by atoms with Crippen molar-refractivity contribution in [2.24, 2.45) is 5.92 Å². The van der Waals surface area contributed by atoms with Gasteiger partial charge in [0.05, 0.1) is 0 Å². The van der Waals surface area contributed by atoms with Crippen LogP contribution < -0.4 is 10.6 Å². The van der Waals surface area contributed by atoms with E-state index in [0.29, 0.717) is 18.5 Å². The van der Waals surface area contributed by atoms with Crippen LogP contribution in [0, 0.1) is 5.92 Å². The zero-order valence-electron chi connectivity index (χ0n) is 15.3. The summed E-state index contributed by atoms with van der Waals surface area (Å²) in [4.78, 5) is 14.6. The lowest BCUT2D eigenvalue weighted by atomic mass is 10.0. The van der Waals surface area contributed by atoms with Crippen molar-refractivity contribution in [1.82, 2.24) is 15.5 Å². The molecule has 1 heterocycles. The third kappa shape index (κ3) is 6.91. The van der Waals surface area contributed by atoms with E-state index in [4.69, 9.17) is 0 Å². The average Bonchev–Trinajstić information content (AvgIpc) is 2.60. The highest BCUT2D eigenvalue weighted by Gasteiger charge is 2.21. The van der Waals surface area contributed by atoms with Gasteiger partial charge in [0, 0.05) is 19.1 Å². The molecule has 4 nitrogen and oxygen atoms in total. The molecular weight excluding hydrogens is 298 g/mol. The van der Waals surface area contributed by atoms with Crippen LogP contribution in [0.3, 0.4) is 0 Å². The van der Waals surface area contributed by atoms with Gasteiger partial charge >= 0.3 is 6.03 Å². The highest BCUT2D eigenvalue weighted by molar-refractivity contribution is 5.73. The van der Waals surface area contributed by atoms with Crippen LogP contribution in [0.1, 0.15) is 45.1 Å². The first-order chi connectivity index (χ1) is 11.6. The molecule has 2 rings (SSSR count). The van der Waals surface area contributed by atoms with Gasteiger partial charge in [0.15, 0.2) is 0 Å². The Morgan fingerprint density at radius 1 is 1.08 bits per heavy atom. The molecule has 0 aromatic heterocycles. The Kier molecular flexibility index (Phi) is 8.10. The Hall–Kier alpha value is -1.55. The normalized spacial score (nSPS) is 16.8. The van der Waals surface area contributed by atoms with E-state index in [1.54, 1.807) is 0 Å². The molecular formula is C20H33N3O. The molecule has 0 saturated carbocycles. The summed E-state index contributed by atoms with van der Waals surface area (Å²) in [5, 5.41) is 6.05. The Morgan fingerprint density at radius 2 is 1.79 bits per heavy atom. The molecule has 1 atom stereocenters. The smallest absolute Gasteiger partial charge is 0.314 e. The lowest BCUT2D eigenvalue weighted by Crippen LogP contribution is -2.49. The van der Waals surface area contributed by atoms with Crippen molar-refractivity contribution in [1.29, 1.82) is 0 Å². The fourth-order valence-corrected chi connectivity index (χ4v) is 3.25. The van der Waals surface area contributed by atoms with Crippen LogP contribution in [0.15, 0.2) is 30.3 Å². The first kappa shape index (κ1) is 18.8. The molecule has 1 aromatic rings. The average molecular weight is 332 g/mol. The van der Waals surface area contributed by atoms with Crippen LogP contribution in [-0.2, 0) is 6.42 Å². The number of likely N-dealkylation sites (tertiary alicyclic amines) is 1. The number of piperidine rings is 1. The third-order valence-corrected chi connectivity index (χ3v) is 4.73. The summed E-state index contributed by atoms with van der Waals surface area (Å²) < 4.78 is 0. The zero-order chi connectivity index (χ0) is 17.2. The van der Waals surface area contributed by atoms with Gasteiger partial charge < -0.3 is 10.6 Å². The second-order valence-corrected chi connectivity index (χ2v) is 7.26. The number of rotatable bonds is 8. The van der Waals surface area contributed by atoms with Gasteiger partial charge in [-0.05, 0) is 50.3 Å². The molecule has 1 aliphatic heterocycles. The Balaban J connectivity index is 1.84. The molecule has 1 aliphatic rings. The number of benzene rings is 1. The van der Waals surface area contributed by atoms with Crippen molar-refractivity contribution >= 4 is 6.03 Å². The highest BCUT2D eigenvalue weighted by atomic mass is 16.2. The van der Waals surface area contributed by atoms with Crippen LogP contribution in [0.2, 0.25) is 0 Å². The maximum atomic E-state index is 12.0. The zero-order valence-corrected chi connectivity index (χ0v) is 15.3. The molecule has 134 valence electrons. The quantitative estimate of drug-likeness (QED) is 0.766. The lowest BCUT2D eigenvalue weighted by Gasteiger charge is -2.35. The molecule has 1 fully saturated rings. The summed E-state index contributed by atoms with van der Waals surface area (Å²) in [6.45, 7) is 8.10. The summed E-state index contributed by atoms with van der Waals surface area (Å²) >= 11 is 0. The molecule has 1 saturated heterocycles. The minimum absolute atomic E-state index is 0.0364. The van der Waals surface area contributed by atoms with E-state index in [2.05, 4.69) is 59.7 Å². The topological polar surface area (TPSA) is 44.4 Å². The van der Waals surface area contributed by atoms with Gasteiger partial charge in [-0.2, -0.15) is 0 Å². The van der Waals surface area contributed by atoms with Crippen molar-refractivity contribution in [3.8, 4) is 0 Å². The molecule has 2 amide bonds. The molecule has 24 heavy (non-hydrogen) atoms. The van der Waals surface area contributed by atoms with Crippen LogP contribution in [0.25, 0.3) is 0 Å². The standard InChI is InChI=1S/C20H33N3O/c1-17(2)11-12-21-20(24)22-16-19(23-13-7-4-8-14-23)15-18-9-5-3-6-10-18/h3,5-6,9-10,17,19H,4,7-8,11-16H2,1-2H3,(H2,21,22,24). The van der Waals surface area contributed by atoms with E-state index in [-0.39, 0.29) is 6.03 Å². The number of nitrogens with one attached hydrogen (secondary N) is 2. The number of carbonyl (C=O) groups excluding carboxylic acids is 1. The number of hydrogen-bond donors (Lipinski definition) is 2.